The standard InChI is InChI=1S/C22H26IN3O4/c1-22(2,3)30-21(29)24-13-12-19(27)26-16-10-8-15(9-11-16)14-25-20(28)17-6-4-5-7-18(17)23/h4-11H,12-14H2,1-3H3,(H,24,29)(H,25,28)(H,26,27). The summed E-state index contributed by atoms with van der Waals surface area (Å²) in [7, 11) is 0. The Bertz CT molecular complexity index is 892. The molecule has 0 atom stereocenters. The van der Waals surface area contributed by atoms with E-state index in [1.54, 1.807) is 39.0 Å². The van der Waals surface area contributed by atoms with Crippen molar-refractivity contribution in [3.63, 3.8) is 0 Å². The molecule has 0 bridgehead atoms. The number of ether oxygens (including phenoxy) is 1. The predicted octanol–water partition coefficient (Wildman–Crippen LogP) is 4.07. The van der Waals surface area contributed by atoms with Crippen LogP contribution in [0.1, 0.15) is 43.1 Å². The molecule has 2 aromatic carbocycles. The zero-order chi connectivity index (χ0) is 22.1. The van der Waals surface area contributed by atoms with Crippen molar-refractivity contribution in [2.24, 2.45) is 0 Å². The van der Waals surface area contributed by atoms with E-state index in [1.807, 2.05) is 30.3 Å². The van der Waals surface area contributed by atoms with Crippen LogP contribution in [0.25, 0.3) is 0 Å². The highest BCUT2D eigenvalue weighted by Crippen LogP contribution is 2.13. The van der Waals surface area contributed by atoms with Crippen molar-refractivity contribution in [2.45, 2.75) is 39.3 Å². The SMILES string of the molecule is CC(C)(C)OC(=O)NCCC(=O)Nc1ccc(CNC(=O)c2ccccc2I)cc1. The highest BCUT2D eigenvalue weighted by atomic mass is 127. The van der Waals surface area contributed by atoms with Crippen LogP contribution in [-0.2, 0) is 16.1 Å². The molecule has 2 aromatic rings. The van der Waals surface area contributed by atoms with Crippen LogP contribution in [-0.4, -0.2) is 30.1 Å². The Balaban J connectivity index is 1.75. The number of halogens is 1. The van der Waals surface area contributed by atoms with Crippen molar-refractivity contribution in [3.8, 4) is 0 Å². The molecule has 0 fully saturated rings. The van der Waals surface area contributed by atoms with Crippen LogP contribution in [0.2, 0.25) is 0 Å². The van der Waals surface area contributed by atoms with Gasteiger partial charge in [0.05, 0.1) is 5.56 Å². The number of benzene rings is 2. The summed E-state index contributed by atoms with van der Waals surface area (Å²) in [4.78, 5) is 35.8. The second-order valence-corrected chi connectivity index (χ2v) is 8.75. The number of hydrogen-bond acceptors (Lipinski definition) is 4. The molecule has 0 spiro atoms. The van der Waals surface area contributed by atoms with E-state index in [0.29, 0.717) is 17.8 Å². The summed E-state index contributed by atoms with van der Waals surface area (Å²) in [6.07, 6.45) is -0.417. The maximum atomic E-state index is 12.3. The van der Waals surface area contributed by atoms with Gasteiger partial charge in [0.15, 0.2) is 0 Å². The minimum atomic E-state index is -0.576. The number of anilines is 1. The quantitative estimate of drug-likeness (QED) is 0.477. The zero-order valence-corrected chi connectivity index (χ0v) is 19.4. The Hall–Kier alpha value is -2.62. The molecule has 30 heavy (non-hydrogen) atoms. The first-order valence-corrected chi connectivity index (χ1v) is 10.6. The fourth-order valence-electron chi connectivity index (χ4n) is 2.44. The van der Waals surface area contributed by atoms with E-state index < -0.39 is 11.7 Å². The van der Waals surface area contributed by atoms with Gasteiger partial charge in [-0.05, 0) is 73.2 Å². The third-order valence-corrected chi connectivity index (χ3v) is 4.77. The lowest BCUT2D eigenvalue weighted by Crippen LogP contribution is -2.34. The lowest BCUT2D eigenvalue weighted by molar-refractivity contribution is -0.116. The normalized spacial score (nSPS) is 10.8. The van der Waals surface area contributed by atoms with Gasteiger partial charge in [0, 0.05) is 28.8 Å². The summed E-state index contributed by atoms with van der Waals surface area (Å²) in [5, 5.41) is 8.20. The van der Waals surface area contributed by atoms with E-state index >= 15 is 0 Å². The van der Waals surface area contributed by atoms with Gasteiger partial charge in [-0.2, -0.15) is 0 Å². The Labute approximate surface area is 190 Å². The van der Waals surface area contributed by atoms with Gasteiger partial charge in [0.2, 0.25) is 5.91 Å². The summed E-state index contributed by atoms with van der Waals surface area (Å²) >= 11 is 2.13. The molecule has 0 aliphatic rings. The highest BCUT2D eigenvalue weighted by molar-refractivity contribution is 14.1. The van der Waals surface area contributed by atoms with Gasteiger partial charge in [0.1, 0.15) is 5.60 Å². The van der Waals surface area contributed by atoms with Crippen molar-refractivity contribution in [2.75, 3.05) is 11.9 Å². The number of nitrogens with one attached hydrogen (secondary N) is 3. The average molecular weight is 523 g/mol. The highest BCUT2D eigenvalue weighted by Gasteiger charge is 2.16. The maximum absolute atomic E-state index is 12.3. The fourth-order valence-corrected chi connectivity index (χ4v) is 3.08. The van der Waals surface area contributed by atoms with Crippen molar-refractivity contribution < 1.29 is 19.1 Å². The van der Waals surface area contributed by atoms with Crippen molar-refractivity contribution in [1.29, 1.82) is 0 Å². The monoisotopic (exact) mass is 523 g/mol. The lowest BCUT2D eigenvalue weighted by Gasteiger charge is -2.19. The second-order valence-electron chi connectivity index (χ2n) is 7.59. The zero-order valence-electron chi connectivity index (χ0n) is 17.3. The number of alkyl carbamates (subject to hydrolysis) is 1. The van der Waals surface area contributed by atoms with Gasteiger partial charge in [-0.15, -0.1) is 0 Å². The van der Waals surface area contributed by atoms with Gasteiger partial charge in [-0.1, -0.05) is 24.3 Å². The van der Waals surface area contributed by atoms with Crippen molar-refractivity contribution >= 4 is 46.2 Å². The topological polar surface area (TPSA) is 96.5 Å². The third kappa shape index (κ3) is 8.40. The van der Waals surface area contributed by atoms with E-state index in [4.69, 9.17) is 4.74 Å². The number of carbonyl (C=O) groups excluding carboxylic acids is 3. The first kappa shape index (κ1) is 23.7. The number of rotatable bonds is 7. The molecule has 0 aromatic heterocycles. The summed E-state index contributed by atoms with van der Waals surface area (Å²) in [5.41, 5.74) is 1.62. The predicted molar refractivity (Wildman–Crippen MR) is 124 cm³/mol. The summed E-state index contributed by atoms with van der Waals surface area (Å²) in [6, 6.07) is 14.6. The van der Waals surface area contributed by atoms with Gasteiger partial charge < -0.3 is 20.7 Å². The lowest BCUT2D eigenvalue weighted by atomic mass is 10.2. The maximum Gasteiger partial charge on any atom is 0.407 e. The van der Waals surface area contributed by atoms with Crippen LogP contribution in [0.15, 0.2) is 48.5 Å². The van der Waals surface area contributed by atoms with Crippen LogP contribution in [0.3, 0.4) is 0 Å². The Morgan fingerprint density at radius 1 is 0.967 bits per heavy atom. The Morgan fingerprint density at radius 2 is 1.63 bits per heavy atom. The molecule has 0 unspecified atom stereocenters. The van der Waals surface area contributed by atoms with Crippen LogP contribution >= 0.6 is 22.6 Å². The molecule has 0 saturated heterocycles. The van der Waals surface area contributed by atoms with Crippen molar-refractivity contribution in [3.05, 3.63) is 63.2 Å². The minimum Gasteiger partial charge on any atom is -0.444 e. The molecule has 0 saturated carbocycles. The summed E-state index contributed by atoms with van der Waals surface area (Å²) in [5.74, 6) is -0.347. The Morgan fingerprint density at radius 3 is 2.27 bits per heavy atom. The van der Waals surface area contributed by atoms with Crippen LogP contribution in [0, 0.1) is 3.57 Å². The van der Waals surface area contributed by atoms with Crippen LogP contribution in [0.4, 0.5) is 10.5 Å². The number of carbonyl (C=O) groups is 3. The molecule has 160 valence electrons. The van der Waals surface area contributed by atoms with Gasteiger partial charge in [-0.25, -0.2) is 4.79 Å². The van der Waals surface area contributed by atoms with E-state index in [9.17, 15) is 14.4 Å². The van der Waals surface area contributed by atoms with Crippen molar-refractivity contribution in [1.82, 2.24) is 10.6 Å². The molecule has 2 rings (SSSR count). The number of amides is 3. The van der Waals surface area contributed by atoms with Gasteiger partial charge >= 0.3 is 6.09 Å². The fraction of sp³-hybridized carbons (Fsp3) is 0.318. The average Bonchev–Trinajstić information content (AvgIpc) is 2.66. The molecular formula is C22H26IN3O4. The molecule has 0 radical (unpaired) electrons. The first-order chi connectivity index (χ1) is 14.1. The van der Waals surface area contributed by atoms with E-state index in [0.717, 1.165) is 9.13 Å². The smallest absolute Gasteiger partial charge is 0.407 e. The molecule has 8 heteroatoms. The largest absolute Gasteiger partial charge is 0.444 e. The van der Waals surface area contributed by atoms with E-state index in [2.05, 4.69) is 38.5 Å². The van der Waals surface area contributed by atoms with Gasteiger partial charge in [-0.3, -0.25) is 9.59 Å². The number of hydrogen-bond donors (Lipinski definition) is 3. The Kier molecular flexibility index (Phi) is 8.64. The minimum absolute atomic E-state index is 0.130. The van der Waals surface area contributed by atoms with Crippen LogP contribution in [0.5, 0.6) is 0 Å². The van der Waals surface area contributed by atoms with Crippen LogP contribution < -0.4 is 16.0 Å². The molecule has 0 aliphatic heterocycles. The van der Waals surface area contributed by atoms with E-state index in [1.165, 1.54) is 0 Å². The summed E-state index contributed by atoms with van der Waals surface area (Å²) < 4.78 is 6.01. The molecular weight excluding hydrogens is 497 g/mol. The molecule has 7 nitrogen and oxygen atoms in total. The van der Waals surface area contributed by atoms with Gasteiger partial charge in [0.25, 0.3) is 5.91 Å². The molecule has 0 aliphatic carbocycles. The molecule has 3 amide bonds. The third-order valence-electron chi connectivity index (χ3n) is 3.83. The molecule has 3 N–H and O–H groups in total. The first-order valence-electron chi connectivity index (χ1n) is 9.52. The van der Waals surface area contributed by atoms with E-state index in [-0.39, 0.29) is 24.8 Å². The second kappa shape index (κ2) is 11.0. The summed E-state index contributed by atoms with van der Waals surface area (Å²) in [6.45, 7) is 5.89. The molecule has 0 heterocycles.